The molecule has 0 bridgehead atoms. The lowest BCUT2D eigenvalue weighted by molar-refractivity contribution is 0.0601. The van der Waals surface area contributed by atoms with Gasteiger partial charge in [0.1, 0.15) is 11.6 Å². The molecular formula is C18H16ClFN4O. The van der Waals surface area contributed by atoms with Crippen molar-refractivity contribution in [1.29, 1.82) is 0 Å². The molecule has 128 valence electrons. The van der Waals surface area contributed by atoms with Crippen molar-refractivity contribution in [3.63, 3.8) is 0 Å². The number of hydrogen-bond acceptors (Lipinski definition) is 3. The number of hydrogen-bond donors (Lipinski definition) is 1. The third-order valence-electron chi connectivity index (χ3n) is 4.49. The molecule has 1 N–H and O–H groups in total. The smallest absolute Gasteiger partial charge is 0.256 e. The van der Waals surface area contributed by atoms with Crippen molar-refractivity contribution in [2.45, 2.75) is 25.3 Å². The zero-order valence-corrected chi connectivity index (χ0v) is 14.1. The first-order chi connectivity index (χ1) is 12.1. The van der Waals surface area contributed by atoms with Crippen LogP contribution >= 0.6 is 11.6 Å². The first kappa shape index (κ1) is 16.0. The van der Waals surface area contributed by atoms with E-state index in [1.807, 2.05) is 0 Å². The van der Waals surface area contributed by atoms with Gasteiger partial charge in [0.15, 0.2) is 0 Å². The van der Waals surface area contributed by atoms with E-state index in [9.17, 15) is 9.18 Å². The summed E-state index contributed by atoms with van der Waals surface area (Å²) in [6, 6.07) is 5.89. The Bertz CT molecular complexity index is 942. The van der Waals surface area contributed by atoms with Crippen molar-refractivity contribution in [2.75, 3.05) is 6.54 Å². The van der Waals surface area contributed by atoms with E-state index in [0.29, 0.717) is 34.0 Å². The van der Waals surface area contributed by atoms with Gasteiger partial charge in [-0.1, -0.05) is 11.6 Å². The van der Waals surface area contributed by atoms with E-state index in [1.54, 1.807) is 17.0 Å². The minimum Gasteiger partial charge on any atom is -0.340 e. The Labute approximate surface area is 148 Å². The Morgan fingerprint density at radius 1 is 1.28 bits per heavy atom. The highest BCUT2D eigenvalue weighted by Crippen LogP contribution is 2.32. The number of rotatable bonds is 2. The Kier molecular flexibility index (Phi) is 4.13. The Hall–Kier alpha value is -2.47. The van der Waals surface area contributed by atoms with E-state index in [4.69, 9.17) is 11.6 Å². The molecular weight excluding hydrogens is 343 g/mol. The molecule has 0 saturated carbocycles. The second-order valence-corrected chi connectivity index (χ2v) is 6.62. The summed E-state index contributed by atoms with van der Waals surface area (Å²) in [5.41, 5.74) is 1.79. The fourth-order valence-corrected chi connectivity index (χ4v) is 3.49. The van der Waals surface area contributed by atoms with Gasteiger partial charge >= 0.3 is 0 Å². The van der Waals surface area contributed by atoms with E-state index in [-0.39, 0.29) is 17.8 Å². The van der Waals surface area contributed by atoms with E-state index in [1.165, 1.54) is 24.5 Å². The number of aromatic amines is 1. The number of imidazole rings is 1. The lowest BCUT2D eigenvalue weighted by atomic mass is 10.0. The number of halogens is 2. The Morgan fingerprint density at radius 3 is 3.00 bits per heavy atom. The van der Waals surface area contributed by atoms with Gasteiger partial charge in [0, 0.05) is 18.9 Å². The molecule has 1 atom stereocenters. The van der Waals surface area contributed by atoms with Crippen LogP contribution in [0.1, 0.15) is 41.5 Å². The molecule has 3 aromatic rings. The first-order valence-electron chi connectivity index (χ1n) is 8.18. The van der Waals surface area contributed by atoms with Crippen LogP contribution < -0.4 is 0 Å². The fourth-order valence-electron chi connectivity index (χ4n) is 3.31. The van der Waals surface area contributed by atoms with Gasteiger partial charge in [-0.25, -0.2) is 9.37 Å². The van der Waals surface area contributed by atoms with Gasteiger partial charge in [-0.3, -0.25) is 9.78 Å². The van der Waals surface area contributed by atoms with Crippen molar-refractivity contribution in [1.82, 2.24) is 19.9 Å². The molecule has 25 heavy (non-hydrogen) atoms. The van der Waals surface area contributed by atoms with E-state index >= 15 is 0 Å². The summed E-state index contributed by atoms with van der Waals surface area (Å²) < 4.78 is 13.4. The van der Waals surface area contributed by atoms with E-state index in [2.05, 4.69) is 15.0 Å². The van der Waals surface area contributed by atoms with Crippen LogP contribution in [0.3, 0.4) is 0 Å². The summed E-state index contributed by atoms with van der Waals surface area (Å²) in [5.74, 6) is 0.249. The topological polar surface area (TPSA) is 61.9 Å². The highest BCUT2D eigenvalue weighted by Gasteiger charge is 2.31. The van der Waals surface area contributed by atoms with Crippen molar-refractivity contribution < 1.29 is 9.18 Å². The number of likely N-dealkylation sites (tertiary alicyclic amines) is 1. The minimum absolute atomic E-state index is 0.119. The van der Waals surface area contributed by atoms with Crippen LogP contribution in [0.2, 0.25) is 5.02 Å². The maximum absolute atomic E-state index is 13.4. The molecule has 3 heterocycles. The molecule has 4 rings (SSSR count). The number of aromatic nitrogens is 3. The van der Waals surface area contributed by atoms with Crippen molar-refractivity contribution in [2.24, 2.45) is 0 Å². The van der Waals surface area contributed by atoms with Crippen LogP contribution in [0.5, 0.6) is 0 Å². The summed E-state index contributed by atoms with van der Waals surface area (Å²) in [6.45, 7) is 0.640. The third kappa shape index (κ3) is 3.09. The molecule has 0 unspecified atom stereocenters. The van der Waals surface area contributed by atoms with Gasteiger partial charge in [-0.05, 0) is 43.5 Å². The fraction of sp³-hybridized carbons (Fsp3) is 0.278. The van der Waals surface area contributed by atoms with Crippen molar-refractivity contribution in [3.05, 3.63) is 58.9 Å². The highest BCUT2D eigenvalue weighted by atomic mass is 35.5. The summed E-state index contributed by atoms with van der Waals surface area (Å²) >= 11 is 5.96. The number of benzene rings is 1. The van der Waals surface area contributed by atoms with Gasteiger partial charge in [0.25, 0.3) is 5.91 Å². The summed E-state index contributed by atoms with van der Waals surface area (Å²) in [7, 11) is 0. The average molecular weight is 359 g/mol. The summed E-state index contributed by atoms with van der Waals surface area (Å²) in [6.07, 6.45) is 5.77. The van der Waals surface area contributed by atoms with Gasteiger partial charge < -0.3 is 9.88 Å². The number of H-pyrrole nitrogens is 1. The third-order valence-corrected chi connectivity index (χ3v) is 4.70. The number of pyridine rings is 1. The largest absolute Gasteiger partial charge is 0.340 e. The molecule has 1 fully saturated rings. The maximum atomic E-state index is 13.4. The normalized spacial score (nSPS) is 17.8. The number of amides is 1. The standard InChI is InChI=1S/C18H16ClFN4O/c19-12-7-11(9-21-10-12)18(25)24-6-2-1-3-16(24)17-22-14-5-4-13(20)8-15(14)23-17/h4-5,7-10,16H,1-3,6H2,(H,22,23)/t16-/m1/s1. The summed E-state index contributed by atoms with van der Waals surface area (Å²) in [5, 5.41) is 0.429. The predicted molar refractivity (Wildman–Crippen MR) is 92.9 cm³/mol. The molecule has 7 heteroatoms. The monoisotopic (exact) mass is 358 g/mol. The van der Waals surface area contributed by atoms with Crippen LogP contribution in [0, 0.1) is 5.82 Å². The van der Waals surface area contributed by atoms with Gasteiger partial charge in [-0.2, -0.15) is 0 Å². The number of carbonyl (C=O) groups is 1. The van der Waals surface area contributed by atoms with Gasteiger partial charge in [0.2, 0.25) is 0 Å². The molecule has 1 amide bonds. The second-order valence-electron chi connectivity index (χ2n) is 6.19. The SMILES string of the molecule is O=C(c1cncc(Cl)c1)N1CCCC[C@@H]1c1nc2ccc(F)cc2[nH]1. The second kappa shape index (κ2) is 6.44. The molecule has 1 aliphatic rings. The number of carbonyl (C=O) groups excluding carboxylic acids is 1. The van der Waals surface area contributed by atoms with E-state index < -0.39 is 0 Å². The predicted octanol–water partition coefficient (Wildman–Crippen LogP) is 4.12. The molecule has 1 aromatic carbocycles. The number of nitrogens with one attached hydrogen (secondary N) is 1. The quantitative estimate of drug-likeness (QED) is 0.749. The molecule has 2 aromatic heterocycles. The number of piperidine rings is 1. The highest BCUT2D eigenvalue weighted by molar-refractivity contribution is 6.30. The van der Waals surface area contributed by atoms with Crippen LogP contribution in [0.25, 0.3) is 11.0 Å². The first-order valence-corrected chi connectivity index (χ1v) is 8.56. The van der Waals surface area contributed by atoms with Gasteiger partial charge in [0.05, 0.1) is 27.7 Å². The molecule has 0 aliphatic carbocycles. The molecule has 5 nitrogen and oxygen atoms in total. The average Bonchev–Trinajstić information content (AvgIpc) is 3.04. The zero-order chi connectivity index (χ0) is 17.4. The summed E-state index contributed by atoms with van der Waals surface area (Å²) in [4.78, 5) is 26.5. The lowest BCUT2D eigenvalue weighted by Gasteiger charge is -2.34. The maximum Gasteiger partial charge on any atom is 0.256 e. The molecule has 1 saturated heterocycles. The van der Waals surface area contributed by atoms with Crippen LogP contribution in [0.15, 0.2) is 36.7 Å². The molecule has 0 spiro atoms. The lowest BCUT2D eigenvalue weighted by Crippen LogP contribution is -2.39. The Morgan fingerprint density at radius 2 is 2.16 bits per heavy atom. The zero-order valence-electron chi connectivity index (χ0n) is 13.4. The van der Waals surface area contributed by atoms with Crippen LogP contribution in [0.4, 0.5) is 4.39 Å². The number of fused-ring (bicyclic) bond motifs is 1. The Balaban J connectivity index is 1.69. The van der Waals surface area contributed by atoms with Crippen LogP contribution in [-0.4, -0.2) is 32.3 Å². The molecule has 1 aliphatic heterocycles. The van der Waals surface area contributed by atoms with Gasteiger partial charge in [-0.15, -0.1) is 0 Å². The van der Waals surface area contributed by atoms with Crippen LogP contribution in [-0.2, 0) is 0 Å². The molecule has 0 radical (unpaired) electrons. The van der Waals surface area contributed by atoms with Crippen molar-refractivity contribution >= 4 is 28.5 Å². The minimum atomic E-state index is -0.315. The van der Waals surface area contributed by atoms with Crippen molar-refractivity contribution in [3.8, 4) is 0 Å². The van der Waals surface area contributed by atoms with E-state index in [0.717, 1.165) is 19.3 Å². The number of nitrogens with zero attached hydrogens (tertiary/aromatic N) is 3.